The number of halogens is 5. The summed E-state index contributed by atoms with van der Waals surface area (Å²) in [7, 11) is 0. The van der Waals surface area contributed by atoms with Crippen LogP contribution in [0.1, 0.15) is 49.3 Å². The highest BCUT2D eigenvalue weighted by atomic mass is 19.2. The van der Waals surface area contributed by atoms with Crippen LogP contribution in [-0.2, 0) is 17.6 Å². The van der Waals surface area contributed by atoms with Crippen LogP contribution in [0.25, 0.3) is 11.1 Å². The molecule has 2 unspecified atom stereocenters. The van der Waals surface area contributed by atoms with E-state index in [9.17, 15) is 22.0 Å². The Kier molecular flexibility index (Phi) is 8.64. The number of hydrogen-bond acceptors (Lipinski definition) is 2. The molecule has 0 N–H and O–H groups in total. The highest BCUT2D eigenvalue weighted by Gasteiger charge is 2.24. The van der Waals surface area contributed by atoms with Gasteiger partial charge in [-0.25, -0.2) is 17.6 Å². The van der Waals surface area contributed by atoms with Gasteiger partial charge in [-0.3, -0.25) is 0 Å². The summed E-state index contributed by atoms with van der Waals surface area (Å²) >= 11 is 0. The molecule has 1 aliphatic rings. The molecule has 4 rings (SSSR count). The van der Waals surface area contributed by atoms with Gasteiger partial charge in [0.25, 0.3) is 0 Å². The molecule has 0 saturated carbocycles. The summed E-state index contributed by atoms with van der Waals surface area (Å²) in [5.74, 6) is -5.64. The van der Waals surface area contributed by atoms with Crippen molar-refractivity contribution < 1.29 is 31.4 Å². The van der Waals surface area contributed by atoms with Gasteiger partial charge in [-0.1, -0.05) is 36.4 Å². The summed E-state index contributed by atoms with van der Waals surface area (Å²) in [5, 5.41) is 0. The zero-order valence-corrected chi connectivity index (χ0v) is 20.8. The van der Waals surface area contributed by atoms with Crippen molar-refractivity contribution >= 4 is 0 Å². The van der Waals surface area contributed by atoms with E-state index in [4.69, 9.17) is 9.47 Å². The fraction of sp³-hybridized carbons (Fsp3) is 0.333. The minimum Gasteiger partial charge on any atom is -0.491 e. The summed E-state index contributed by atoms with van der Waals surface area (Å²) in [4.78, 5) is 0. The van der Waals surface area contributed by atoms with Gasteiger partial charge in [-0.2, -0.15) is 4.39 Å². The molecule has 7 heteroatoms. The molecular weight excluding hydrogens is 487 g/mol. The second kappa shape index (κ2) is 11.9. The number of benzene rings is 3. The van der Waals surface area contributed by atoms with Crippen molar-refractivity contribution in [1.29, 1.82) is 0 Å². The molecule has 196 valence electrons. The minimum absolute atomic E-state index is 0.0255. The van der Waals surface area contributed by atoms with E-state index < -0.39 is 28.8 Å². The first-order valence-corrected chi connectivity index (χ1v) is 12.4. The molecular formula is C30H29F5O2. The third-order valence-corrected chi connectivity index (χ3v) is 6.71. The second-order valence-electron chi connectivity index (χ2n) is 9.10. The van der Waals surface area contributed by atoms with Crippen LogP contribution in [0.2, 0.25) is 0 Å². The van der Waals surface area contributed by atoms with Crippen molar-refractivity contribution in [2.45, 2.75) is 51.6 Å². The fourth-order valence-electron chi connectivity index (χ4n) is 4.72. The minimum atomic E-state index is -1.31. The Bertz CT molecular complexity index is 1280. The molecule has 0 spiro atoms. The Morgan fingerprint density at radius 3 is 2.24 bits per heavy atom. The lowest BCUT2D eigenvalue weighted by molar-refractivity contribution is 0.0319. The van der Waals surface area contributed by atoms with Gasteiger partial charge >= 0.3 is 0 Å². The van der Waals surface area contributed by atoms with Gasteiger partial charge < -0.3 is 9.47 Å². The van der Waals surface area contributed by atoms with E-state index in [-0.39, 0.29) is 54.2 Å². The van der Waals surface area contributed by atoms with E-state index in [2.05, 4.69) is 0 Å². The lowest BCUT2D eigenvalue weighted by Gasteiger charge is -2.28. The van der Waals surface area contributed by atoms with Crippen LogP contribution >= 0.6 is 0 Å². The third kappa shape index (κ3) is 5.87. The summed E-state index contributed by atoms with van der Waals surface area (Å²) in [6, 6.07) is 9.85. The number of hydrogen-bond donors (Lipinski definition) is 0. The summed E-state index contributed by atoms with van der Waals surface area (Å²) in [6.45, 7) is 4.13. The molecule has 1 heterocycles. The normalized spacial score (nSPS) is 17.9. The first-order chi connectivity index (χ1) is 17.8. The highest BCUT2D eigenvalue weighted by molar-refractivity contribution is 5.66. The molecule has 0 aliphatic carbocycles. The Morgan fingerprint density at radius 1 is 0.865 bits per heavy atom. The van der Waals surface area contributed by atoms with Gasteiger partial charge in [0.2, 0.25) is 5.82 Å². The molecule has 1 fully saturated rings. The number of aryl methyl sites for hydroxylation is 2. The quantitative estimate of drug-likeness (QED) is 0.223. The molecule has 3 aromatic carbocycles. The van der Waals surface area contributed by atoms with Gasteiger partial charge in [-0.15, -0.1) is 0 Å². The molecule has 0 bridgehead atoms. The largest absolute Gasteiger partial charge is 0.491 e. The van der Waals surface area contributed by atoms with Gasteiger partial charge in [0.05, 0.1) is 19.3 Å². The molecule has 1 aliphatic heterocycles. The van der Waals surface area contributed by atoms with Crippen LogP contribution in [0.15, 0.2) is 54.6 Å². The molecule has 2 atom stereocenters. The third-order valence-electron chi connectivity index (χ3n) is 6.71. The summed E-state index contributed by atoms with van der Waals surface area (Å²) in [5.41, 5.74) is 0.517. The topological polar surface area (TPSA) is 18.5 Å². The molecule has 1 saturated heterocycles. The van der Waals surface area contributed by atoms with Gasteiger partial charge in [0.15, 0.2) is 23.2 Å². The predicted octanol–water partition coefficient (Wildman–Crippen LogP) is 8.07. The molecule has 0 amide bonds. The van der Waals surface area contributed by atoms with E-state index >= 15 is 0 Å². The average Bonchev–Trinajstić information content (AvgIpc) is 2.89. The maximum absolute atomic E-state index is 14.9. The van der Waals surface area contributed by atoms with Gasteiger partial charge in [0, 0.05) is 17.0 Å². The van der Waals surface area contributed by atoms with Crippen LogP contribution in [0.5, 0.6) is 5.75 Å². The summed E-state index contributed by atoms with van der Waals surface area (Å²) < 4.78 is 84.1. The number of rotatable bonds is 8. The highest BCUT2D eigenvalue weighted by Crippen LogP contribution is 2.34. The first-order valence-electron chi connectivity index (χ1n) is 12.4. The van der Waals surface area contributed by atoms with Gasteiger partial charge in [0.1, 0.15) is 5.82 Å². The fourth-order valence-corrected chi connectivity index (χ4v) is 4.72. The smallest absolute Gasteiger partial charge is 0.201 e. The van der Waals surface area contributed by atoms with E-state index in [1.54, 1.807) is 19.1 Å². The number of ether oxygens (including phenoxy) is 2. The molecule has 37 heavy (non-hydrogen) atoms. The van der Waals surface area contributed by atoms with Crippen molar-refractivity contribution in [2.24, 2.45) is 0 Å². The molecule has 0 radical (unpaired) electrons. The lowest BCUT2D eigenvalue weighted by atomic mass is 9.89. The lowest BCUT2D eigenvalue weighted by Crippen LogP contribution is -2.23. The zero-order valence-electron chi connectivity index (χ0n) is 20.8. The van der Waals surface area contributed by atoms with Crippen molar-refractivity contribution in [2.75, 3.05) is 13.2 Å². The van der Waals surface area contributed by atoms with Crippen LogP contribution < -0.4 is 4.74 Å². The SMILES string of the molecule is C/C=C/C1CCC(c2ccc(CCc3ccc(-c4ccc(OCC)c(F)c4F)c(F)c3F)cc2F)CO1. The van der Waals surface area contributed by atoms with Crippen LogP contribution in [-0.4, -0.2) is 19.3 Å². The molecule has 0 aromatic heterocycles. The Labute approximate surface area is 213 Å². The monoisotopic (exact) mass is 516 g/mol. The Balaban J connectivity index is 1.46. The van der Waals surface area contributed by atoms with Crippen molar-refractivity contribution in [3.05, 3.63) is 100 Å². The van der Waals surface area contributed by atoms with Crippen molar-refractivity contribution in [3.63, 3.8) is 0 Å². The first kappa shape index (κ1) is 26.9. The number of allylic oxidation sites excluding steroid dienone is 1. The maximum atomic E-state index is 14.9. The Morgan fingerprint density at radius 2 is 1.59 bits per heavy atom. The summed E-state index contributed by atoms with van der Waals surface area (Å²) in [6.07, 6.45) is 6.04. The molecule has 2 nitrogen and oxygen atoms in total. The van der Waals surface area contributed by atoms with Crippen molar-refractivity contribution in [1.82, 2.24) is 0 Å². The maximum Gasteiger partial charge on any atom is 0.201 e. The van der Waals surface area contributed by atoms with E-state index in [1.807, 2.05) is 19.1 Å². The molecule has 3 aromatic rings. The van der Waals surface area contributed by atoms with E-state index in [0.717, 1.165) is 18.9 Å². The average molecular weight is 517 g/mol. The van der Waals surface area contributed by atoms with Crippen molar-refractivity contribution in [3.8, 4) is 16.9 Å². The van der Waals surface area contributed by atoms with Crippen LogP contribution in [0.4, 0.5) is 22.0 Å². The zero-order chi connectivity index (χ0) is 26.5. The van der Waals surface area contributed by atoms with Crippen LogP contribution in [0.3, 0.4) is 0 Å². The second-order valence-corrected chi connectivity index (χ2v) is 9.10. The predicted molar refractivity (Wildman–Crippen MR) is 133 cm³/mol. The van der Waals surface area contributed by atoms with Gasteiger partial charge in [-0.05, 0) is 74.4 Å². The van der Waals surface area contributed by atoms with E-state index in [1.165, 1.54) is 24.3 Å². The van der Waals surface area contributed by atoms with E-state index in [0.29, 0.717) is 17.7 Å². The standard InChI is InChI=1S/C30H29F5O2/c1-3-5-21-11-9-20(17-37-21)22-12-7-18(16-25(22)31)6-8-19-10-13-23(28(33)27(19)32)24-14-15-26(36-4-2)30(35)29(24)34/h3,5,7,10,12-16,20-21H,4,6,8-9,11,17H2,1-2H3/b5-3+. The van der Waals surface area contributed by atoms with Crippen LogP contribution in [0, 0.1) is 29.1 Å². The Hall–Kier alpha value is -3.19.